The van der Waals surface area contributed by atoms with E-state index in [4.69, 9.17) is 24.5 Å². The Morgan fingerprint density at radius 2 is 1.69 bits per heavy atom. The Bertz CT molecular complexity index is 943. The van der Waals surface area contributed by atoms with Crippen LogP contribution in [0.4, 0.5) is 26.3 Å². The lowest BCUT2D eigenvalue weighted by Gasteiger charge is -2.32. The van der Waals surface area contributed by atoms with Crippen LogP contribution in [0.3, 0.4) is 0 Å². The first-order chi connectivity index (χ1) is 15.8. The number of nitrogens with one attached hydrogen (secondary N) is 1. The Morgan fingerprint density at radius 1 is 1.17 bits per heavy atom. The van der Waals surface area contributed by atoms with Gasteiger partial charge in [-0.25, -0.2) is 27.7 Å². The van der Waals surface area contributed by atoms with Crippen molar-refractivity contribution < 1.29 is 59.3 Å². The van der Waals surface area contributed by atoms with E-state index < -0.39 is 34.3 Å². The number of aliphatic carboxylic acids is 2. The molecule has 2 aliphatic rings. The van der Waals surface area contributed by atoms with Crippen molar-refractivity contribution >= 4 is 22.0 Å². The summed E-state index contributed by atoms with van der Waals surface area (Å²) in [5.74, 6) is -4.53. The topological polar surface area (TPSA) is 151 Å². The summed E-state index contributed by atoms with van der Waals surface area (Å²) in [4.78, 5) is 24.4. The zero-order chi connectivity index (χ0) is 27.2. The Labute approximate surface area is 195 Å². The zero-order valence-corrected chi connectivity index (χ0v) is 19.2. The number of fused-ring (bicyclic) bond motifs is 1. The smallest absolute Gasteiger partial charge is 0.475 e. The molecule has 202 valence electrons. The van der Waals surface area contributed by atoms with Crippen molar-refractivity contribution in [3.05, 3.63) is 18.2 Å². The van der Waals surface area contributed by atoms with Gasteiger partial charge in [-0.1, -0.05) is 0 Å². The minimum Gasteiger partial charge on any atom is -0.475 e. The number of ether oxygens (including phenoxy) is 1. The van der Waals surface area contributed by atoms with E-state index in [1.807, 2.05) is 17.8 Å². The second-order valence-corrected chi connectivity index (χ2v) is 9.31. The Morgan fingerprint density at radius 3 is 2.09 bits per heavy atom. The number of sulfonamides is 1. The fourth-order valence-corrected chi connectivity index (χ4v) is 4.10. The summed E-state index contributed by atoms with van der Waals surface area (Å²) in [6, 6.07) is 0.0836. The van der Waals surface area contributed by atoms with E-state index >= 15 is 0 Å². The van der Waals surface area contributed by atoms with Crippen LogP contribution in [0.1, 0.15) is 18.7 Å². The fraction of sp³-hybridized carbons (Fsp3) is 0.706. The molecule has 0 saturated carbocycles. The van der Waals surface area contributed by atoms with Crippen molar-refractivity contribution in [1.29, 1.82) is 0 Å². The predicted molar refractivity (Wildman–Crippen MR) is 106 cm³/mol. The molecule has 0 bridgehead atoms. The second kappa shape index (κ2) is 12.0. The van der Waals surface area contributed by atoms with Gasteiger partial charge in [0.15, 0.2) is 0 Å². The first-order valence-corrected chi connectivity index (χ1v) is 11.6. The first-order valence-electron chi connectivity index (χ1n) is 9.72. The van der Waals surface area contributed by atoms with E-state index in [1.165, 1.54) is 6.26 Å². The summed E-state index contributed by atoms with van der Waals surface area (Å²) in [5.41, 5.74) is 0. The zero-order valence-electron chi connectivity index (χ0n) is 18.4. The standard InChI is InChI=1S/C13H22N4O3S.2C2HF3O2/c1-16-6-5-14-12(16)9-17-8-10(15-21(2,18)19)13-11(17)4-3-7-20-13;2*3-2(4,5)1(6)7/h5-6,10-11,13,15H,3-4,7-9H2,1-2H3;2*(H,6,7)/t10-,11-,13-;;/m0../s1. The summed E-state index contributed by atoms with van der Waals surface area (Å²) < 4.78 is 97.1. The van der Waals surface area contributed by atoms with E-state index in [9.17, 15) is 34.8 Å². The van der Waals surface area contributed by atoms with Crippen LogP contribution in [-0.4, -0.2) is 95.0 Å². The highest BCUT2D eigenvalue weighted by Gasteiger charge is 2.45. The van der Waals surface area contributed by atoms with Crippen LogP contribution in [0.5, 0.6) is 0 Å². The van der Waals surface area contributed by atoms with Crippen LogP contribution >= 0.6 is 0 Å². The lowest BCUT2D eigenvalue weighted by Crippen LogP contribution is -2.47. The number of halogens is 6. The predicted octanol–water partition coefficient (Wildman–Crippen LogP) is 0.968. The van der Waals surface area contributed by atoms with Gasteiger partial charge in [-0.2, -0.15) is 26.3 Å². The first kappa shape index (κ1) is 30.6. The van der Waals surface area contributed by atoms with Gasteiger partial charge in [-0.05, 0) is 12.8 Å². The van der Waals surface area contributed by atoms with Gasteiger partial charge in [0.2, 0.25) is 10.0 Å². The third-order valence-electron chi connectivity index (χ3n) is 4.75. The van der Waals surface area contributed by atoms with Gasteiger partial charge in [0, 0.05) is 38.6 Å². The number of hydrogen-bond donors (Lipinski definition) is 3. The fourth-order valence-electron chi connectivity index (χ4n) is 3.35. The molecule has 0 aromatic carbocycles. The van der Waals surface area contributed by atoms with Gasteiger partial charge < -0.3 is 19.5 Å². The molecule has 11 nitrogen and oxygen atoms in total. The van der Waals surface area contributed by atoms with Crippen molar-refractivity contribution in [3.63, 3.8) is 0 Å². The molecule has 3 atom stereocenters. The maximum atomic E-state index is 11.5. The Kier molecular flexibility index (Phi) is 10.5. The molecule has 0 spiro atoms. The maximum absolute atomic E-state index is 11.5. The lowest BCUT2D eigenvalue weighted by molar-refractivity contribution is -0.193. The minimum atomic E-state index is -5.08. The van der Waals surface area contributed by atoms with Crippen LogP contribution in [0, 0.1) is 0 Å². The van der Waals surface area contributed by atoms with Crippen molar-refractivity contribution in [1.82, 2.24) is 19.2 Å². The normalized spacial score (nSPS) is 22.8. The Balaban J connectivity index is 0.000000362. The number of likely N-dealkylation sites (tertiary alicyclic amines) is 1. The van der Waals surface area contributed by atoms with Crippen molar-refractivity contribution in [2.24, 2.45) is 7.05 Å². The molecule has 0 amide bonds. The number of rotatable bonds is 4. The summed E-state index contributed by atoms with van der Waals surface area (Å²) >= 11 is 0. The van der Waals surface area contributed by atoms with Gasteiger partial charge in [-0.3, -0.25) is 4.90 Å². The molecule has 0 unspecified atom stereocenters. The lowest BCUT2D eigenvalue weighted by atomic mass is 10.0. The van der Waals surface area contributed by atoms with E-state index in [2.05, 4.69) is 14.6 Å². The summed E-state index contributed by atoms with van der Waals surface area (Å²) in [6.07, 6.45) is -3.26. The number of aromatic nitrogens is 2. The monoisotopic (exact) mass is 542 g/mol. The molecule has 3 heterocycles. The minimum absolute atomic E-state index is 0.0613. The van der Waals surface area contributed by atoms with Crippen LogP contribution in [0.15, 0.2) is 12.4 Å². The molecule has 2 aliphatic heterocycles. The molecule has 0 radical (unpaired) electrons. The third-order valence-corrected chi connectivity index (χ3v) is 5.48. The third kappa shape index (κ3) is 10.4. The number of carboxylic acids is 2. The quantitative estimate of drug-likeness (QED) is 0.473. The van der Waals surface area contributed by atoms with Crippen LogP contribution in [0.2, 0.25) is 0 Å². The van der Waals surface area contributed by atoms with Crippen LogP contribution in [0.25, 0.3) is 0 Å². The van der Waals surface area contributed by atoms with E-state index in [1.54, 1.807) is 6.20 Å². The van der Waals surface area contributed by atoms with Crippen molar-refractivity contribution in [2.75, 3.05) is 19.4 Å². The highest BCUT2D eigenvalue weighted by atomic mass is 32.2. The summed E-state index contributed by atoms with van der Waals surface area (Å²) in [6.45, 7) is 2.09. The highest BCUT2D eigenvalue weighted by Crippen LogP contribution is 2.30. The van der Waals surface area contributed by atoms with Gasteiger partial charge >= 0.3 is 24.3 Å². The van der Waals surface area contributed by atoms with Gasteiger partial charge in [-0.15, -0.1) is 0 Å². The molecule has 3 N–H and O–H groups in total. The number of alkyl halides is 6. The summed E-state index contributed by atoms with van der Waals surface area (Å²) in [7, 11) is -1.26. The Hall–Kier alpha value is -2.44. The number of carboxylic acid groups (broad SMARTS) is 2. The SMILES string of the molecule is Cn1ccnc1CN1C[C@H](NS(C)(=O)=O)[C@@H]2OCCC[C@@H]21.O=C(O)C(F)(F)F.O=C(O)C(F)(F)F. The largest absolute Gasteiger partial charge is 0.490 e. The molecule has 18 heteroatoms. The van der Waals surface area contributed by atoms with Gasteiger partial charge in [0.25, 0.3) is 0 Å². The number of nitrogens with zero attached hydrogens (tertiary/aromatic N) is 3. The number of aryl methyl sites for hydroxylation is 1. The van der Waals surface area contributed by atoms with Gasteiger partial charge in [0.05, 0.1) is 24.9 Å². The van der Waals surface area contributed by atoms with Gasteiger partial charge in [0.1, 0.15) is 5.82 Å². The number of carbonyl (C=O) groups is 2. The molecule has 2 saturated heterocycles. The molecular weight excluding hydrogens is 518 g/mol. The molecular formula is C17H24F6N4O7S. The second-order valence-electron chi connectivity index (χ2n) is 7.53. The molecule has 35 heavy (non-hydrogen) atoms. The van der Waals surface area contributed by atoms with Crippen molar-refractivity contribution in [2.45, 2.75) is 49.9 Å². The number of imidazole rings is 1. The average Bonchev–Trinajstić information content (AvgIpc) is 3.24. The molecule has 1 aromatic heterocycles. The van der Waals surface area contributed by atoms with Crippen LogP contribution < -0.4 is 4.72 Å². The summed E-state index contributed by atoms with van der Waals surface area (Å²) in [5, 5.41) is 14.2. The van der Waals surface area contributed by atoms with E-state index in [-0.39, 0.29) is 18.2 Å². The van der Waals surface area contributed by atoms with E-state index in [0.717, 1.165) is 25.2 Å². The van der Waals surface area contributed by atoms with Crippen LogP contribution in [-0.2, 0) is 37.9 Å². The molecule has 2 fully saturated rings. The van der Waals surface area contributed by atoms with E-state index in [0.29, 0.717) is 13.2 Å². The maximum Gasteiger partial charge on any atom is 0.490 e. The average molecular weight is 542 g/mol. The number of hydrogen-bond acceptors (Lipinski definition) is 7. The molecule has 3 rings (SSSR count). The molecule has 0 aliphatic carbocycles. The van der Waals surface area contributed by atoms with Crippen molar-refractivity contribution in [3.8, 4) is 0 Å². The highest BCUT2D eigenvalue weighted by molar-refractivity contribution is 7.88. The molecule has 1 aromatic rings.